The number of hydrogen-bond acceptors (Lipinski definition) is 9. The maximum Gasteiger partial charge on any atom is 0.290 e. The SMILES string of the molecule is CCCC(NC(=O)[C@@H]1C[C@@H](OCc2ccccc2)CN1C(=O)C(NC(=O)c1ccccc1Oc1ccccc1)C1CCCCC1)C(=O)C(=O)NCC(=O)NC(C(N)=O)c1ccccc1. The van der Waals surface area contributed by atoms with E-state index in [-0.39, 0.29) is 37.5 Å². The molecule has 0 bridgehead atoms. The zero-order chi connectivity index (χ0) is 45.4. The number of nitrogens with zero attached hydrogens (tertiary/aromatic N) is 1. The monoisotopic (exact) mass is 872 g/mol. The molecule has 4 aromatic carbocycles. The molecule has 336 valence electrons. The van der Waals surface area contributed by atoms with Gasteiger partial charge in [0, 0.05) is 13.0 Å². The van der Waals surface area contributed by atoms with Crippen LogP contribution in [0.4, 0.5) is 0 Å². The van der Waals surface area contributed by atoms with Crippen molar-refractivity contribution >= 4 is 41.2 Å². The highest BCUT2D eigenvalue weighted by molar-refractivity contribution is 6.38. The van der Waals surface area contributed by atoms with Crippen LogP contribution in [0, 0.1) is 5.92 Å². The van der Waals surface area contributed by atoms with Gasteiger partial charge in [0.05, 0.1) is 30.9 Å². The predicted molar refractivity (Wildman–Crippen MR) is 237 cm³/mol. The lowest BCUT2D eigenvalue weighted by molar-refractivity contribution is -0.143. The summed E-state index contributed by atoms with van der Waals surface area (Å²) in [5.74, 6) is -4.70. The Labute approximate surface area is 372 Å². The van der Waals surface area contributed by atoms with E-state index in [1.54, 1.807) is 73.7 Å². The normalized spacial score (nSPS) is 17.5. The molecule has 2 aliphatic rings. The summed E-state index contributed by atoms with van der Waals surface area (Å²) in [6, 6.07) is 29.1. The average Bonchev–Trinajstić information content (AvgIpc) is 3.76. The number of primary amides is 1. The van der Waals surface area contributed by atoms with Crippen LogP contribution in [-0.2, 0) is 40.1 Å². The van der Waals surface area contributed by atoms with Gasteiger partial charge in [-0.05, 0) is 60.6 Å². The smallest absolute Gasteiger partial charge is 0.290 e. The molecule has 6 rings (SSSR count). The maximum atomic E-state index is 15.0. The Kier molecular flexibility index (Phi) is 16.8. The van der Waals surface area contributed by atoms with E-state index in [0.717, 1.165) is 24.8 Å². The van der Waals surface area contributed by atoms with Crippen molar-refractivity contribution < 1.29 is 43.0 Å². The third-order valence-electron chi connectivity index (χ3n) is 11.5. The van der Waals surface area contributed by atoms with Crippen molar-refractivity contribution in [2.24, 2.45) is 11.7 Å². The van der Waals surface area contributed by atoms with Gasteiger partial charge in [-0.25, -0.2) is 0 Å². The Morgan fingerprint density at radius 1 is 0.766 bits per heavy atom. The van der Waals surface area contributed by atoms with Gasteiger partial charge in [0.2, 0.25) is 29.4 Å². The molecule has 0 aromatic heterocycles. The van der Waals surface area contributed by atoms with E-state index in [4.69, 9.17) is 15.2 Å². The number of hydrogen-bond donors (Lipinski definition) is 5. The number of carbonyl (C=O) groups excluding carboxylic acids is 7. The Morgan fingerprint density at radius 2 is 1.41 bits per heavy atom. The number of ketones is 1. The molecule has 0 radical (unpaired) electrons. The highest BCUT2D eigenvalue weighted by Crippen LogP contribution is 2.32. The molecule has 6 N–H and O–H groups in total. The number of amides is 6. The molecule has 6 amide bonds. The van der Waals surface area contributed by atoms with Gasteiger partial charge in [-0.2, -0.15) is 0 Å². The van der Waals surface area contributed by atoms with Crippen LogP contribution in [0.25, 0.3) is 0 Å². The molecule has 15 nitrogen and oxygen atoms in total. The van der Waals surface area contributed by atoms with Crippen LogP contribution in [0.3, 0.4) is 0 Å². The zero-order valence-corrected chi connectivity index (χ0v) is 35.9. The number of rotatable bonds is 20. The fraction of sp³-hybridized carbons (Fsp3) is 0.367. The van der Waals surface area contributed by atoms with E-state index in [2.05, 4.69) is 21.3 Å². The first-order valence-electron chi connectivity index (χ1n) is 21.9. The Balaban J connectivity index is 1.19. The molecule has 64 heavy (non-hydrogen) atoms. The molecule has 1 saturated heterocycles. The predicted octanol–water partition coefficient (Wildman–Crippen LogP) is 4.66. The number of nitrogens with one attached hydrogen (secondary N) is 4. The fourth-order valence-corrected chi connectivity index (χ4v) is 8.21. The minimum absolute atomic E-state index is 0.0355. The third-order valence-corrected chi connectivity index (χ3v) is 11.5. The van der Waals surface area contributed by atoms with Gasteiger partial charge in [0.25, 0.3) is 11.8 Å². The third kappa shape index (κ3) is 12.6. The Hall–Kier alpha value is -6.87. The van der Waals surface area contributed by atoms with Crippen molar-refractivity contribution in [1.82, 2.24) is 26.2 Å². The van der Waals surface area contributed by atoms with Crippen molar-refractivity contribution in [3.05, 3.63) is 132 Å². The van der Waals surface area contributed by atoms with Gasteiger partial charge in [-0.3, -0.25) is 33.6 Å². The van der Waals surface area contributed by atoms with Gasteiger partial charge in [0.1, 0.15) is 29.6 Å². The number of ether oxygens (including phenoxy) is 2. The molecule has 1 heterocycles. The molecule has 2 fully saturated rings. The second kappa shape index (κ2) is 23.0. The van der Waals surface area contributed by atoms with Crippen LogP contribution in [0.1, 0.15) is 85.8 Å². The molecule has 15 heteroatoms. The molecular formula is C49H56N6O9. The van der Waals surface area contributed by atoms with E-state index in [9.17, 15) is 33.6 Å². The Bertz CT molecular complexity index is 2240. The summed E-state index contributed by atoms with van der Waals surface area (Å²) < 4.78 is 12.4. The van der Waals surface area contributed by atoms with E-state index in [1.807, 2.05) is 48.5 Å². The highest BCUT2D eigenvalue weighted by atomic mass is 16.5. The van der Waals surface area contributed by atoms with Crippen LogP contribution in [0.5, 0.6) is 11.5 Å². The van der Waals surface area contributed by atoms with Gasteiger partial charge in [-0.1, -0.05) is 124 Å². The van der Waals surface area contributed by atoms with E-state index >= 15 is 0 Å². The first kappa shape index (κ1) is 46.6. The molecule has 5 atom stereocenters. The lowest BCUT2D eigenvalue weighted by Crippen LogP contribution is -2.58. The zero-order valence-electron chi connectivity index (χ0n) is 35.9. The topological polar surface area (TPSA) is 215 Å². The minimum atomic E-state index is -1.29. The summed E-state index contributed by atoms with van der Waals surface area (Å²) in [5.41, 5.74) is 7.09. The first-order valence-corrected chi connectivity index (χ1v) is 21.9. The number of carbonyl (C=O) groups is 7. The lowest BCUT2D eigenvalue weighted by atomic mass is 9.83. The molecule has 3 unspecified atom stereocenters. The van der Waals surface area contributed by atoms with Crippen LogP contribution < -0.4 is 31.7 Å². The molecule has 4 aromatic rings. The van der Waals surface area contributed by atoms with Crippen molar-refractivity contribution in [2.45, 2.75) is 95.2 Å². The highest BCUT2D eigenvalue weighted by Gasteiger charge is 2.45. The number of benzene rings is 4. The van der Waals surface area contributed by atoms with E-state index in [0.29, 0.717) is 36.3 Å². The second-order valence-corrected chi connectivity index (χ2v) is 16.1. The summed E-state index contributed by atoms with van der Waals surface area (Å²) >= 11 is 0. The van der Waals surface area contributed by atoms with E-state index in [1.165, 1.54) is 4.90 Å². The summed E-state index contributed by atoms with van der Waals surface area (Å²) in [6.07, 6.45) is 4.11. The standard InChI is InChI=1S/C49H56N6O9/c1-2-17-38(44(57)48(61)51-29-41(56)53-42(45(50)58)33-20-9-4-10-21-33)52-47(60)39-28-36(63-31-32-18-7-3-8-19-32)30-55(39)49(62)43(34-22-11-5-12-23-34)54-46(59)37-26-15-16-27-40(37)64-35-24-13-6-14-25-35/h3-4,6-10,13-16,18-21,24-27,34,36,38-39,42-43H,2,5,11-12,17,22-23,28-31H2,1H3,(H2,50,58)(H,51,61)(H,52,60)(H,53,56)(H,54,59)/t36-,38?,39+,42?,43?/m1/s1. The van der Waals surface area contributed by atoms with Crippen LogP contribution in [0.15, 0.2) is 115 Å². The molecule has 1 aliphatic heterocycles. The van der Waals surface area contributed by atoms with Crippen molar-refractivity contribution in [3.8, 4) is 11.5 Å². The Morgan fingerprint density at radius 3 is 2.08 bits per heavy atom. The second-order valence-electron chi connectivity index (χ2n) is 16.1. The molecule has 0 spiro atoms. The van der Waals surface area contributed by atoms with Crippen molar-refractivity contribution in [1.29, 1.82) is 0 Å². The van der Waals surface area contributed by atoms with Crippen molar-refractivity contribution in [3.63, 3.8) is 0 Å². The first-order chi connectivity index (χ1) is 31.0. The summed E-state index contributed by atoms with van der Waals surface area (Å²) in [4.78, 5) is 96.7. The maximum absolute atomic E-state index is 15.0. The van der Waals surface area contributed by atoms with Gasteiger partial charge in [-0.15, -0.1) is 0 Å². The summed E-state index contributed by atoms with van der Waals surface area (Å²) in [5, 5.41) is 10.5. The van der Waals surface area contributed by atoms with E-state index < -0.39 is 78.0 Å². The minimum Gasteiger partial charge on any atom is -0.457 e. The molecule has 1 aliphatic carbocycles. The lowest BCUT2D eigenvalue weighted by Gasteiger charge is -2.35. The largest absolute Gasteiger partial charge is 0.457 e. The number of Topliss-reactive ketones (excluding diaryl/α,β-unsaturated/α-hetero) is 1. The van der Waals surface area contributed by atoms with Crippen LogP contribution in [0.2, 0.25) is 0 Å². The number of para-hydroxylation sites is 2. The van der Waals surface area contributed by atoms with Gasteiger partial charge < -0.3 is 41.4 Å². The van der Waals surface area contributed by atoms with Crippen LogP contribution >= 0.6 is 0 Å². The fourth-order valence-electron chi connectivity index (χ4n) is 8.21. The van der Waals surface area contributed by atoms with Gasteiger partial charge in [0.15, 0.2) is 0 Å². The number of nitrogens with two attached hydrogens (primary N) is 1. The average molecular weight is 873 g/mol. The summed E-state index contributed by atoms with van der Waals surface area (Å²) in [7, 11) is 0. The molecule has 1 saturated carbocycles. The van der Waals surface area contributed by atoms with Crippen molar-refractivity contribution in [2.75, 3.05) is 13.1 Å². The van der Waals surface area contributed by atoms with Crippen LogP contribution in [-0.4, -0.2) is 83.4 Å². The number of likely N-dealkylation sites (tertiary alicyclic amines) is 1. The summed E-state index contributed by atoms with van der Waals surface area (Å²) in [6.45, 7) is 1.40. The van der Waals surface area contributed by atoms with Gasteiger partial charge >= 0.3 is 0 Å². The molecular weight excluding hydrogens is 817 g/mol. The quantitative estimate of drug-likeness (QED) is 0.0781.